The first-order valence-corrected chi connectivity index (χ1v) is 5.45. The molecule has 0 radical (unpaired) electrons. The Bertz CT molecular complexity index is 550. The van der Waals surface area contributed by atoms with Gasteiger partial charge in [-0.25, -0.2) is 4.98 Å². The fourth-order valence-electron chi connectivity index (χ4n) is 1.72. The van der Waals surface area contributed by atoms with Crippen LogP contribution in [0.5, 0.6) is 0 Å². The number of carbonyl (C=O) groups is 1. The van der Waals surface area contributed by atoms with Crippen LogP contribution in [0.15, 0.2) is 36.4 Å². The normalized spacial score (nSPS) is 10.0. The molecule has 3 nitrogen and oxygen atoms in total. The predicted octanol–water partition coefficient (Wildman–Crippen LogP) is 2.91. The molecule has 17 heavy (non-hydrogen) atoms. The first-order chi connectivity index (χ1) is 8.24. The number of aromatic nitrogens is 1. The largest absolute Gasteiger partial charge is 0.373 e. The third-order valence-corrected chi connectivity index (χ3v) is 2.65. The number of hydrogen-bond acceptors (Lipinski definition) is 3. The van der Waals surface area contributed by atoms with Crippen molar-refractivity contribution in [3.05, 3.63) is 47.5 Å². The van der Waals surface area contributed by atoms with Crippen molar-refractivity contribution in [3.8, 4) is 11.3 Å². The Kier molecular flexibility index (Phi) is 3.19. The lowest BCUT2D eigenvalue weighted by Crippen LogP contribution is -1.96. The Morgan fingerprint density at radius 2 is 2.06 bits per heavy atom. The van der Waals surface area contributed by atoms with Gasteiger partial charge in [0.25, 0.3) is 0 Å². The zero-order chi connectivity index (χ0) is 12.3. The van der Waals surface area contributed by atoms with Gasteiger partial charge in [-0.05, 0) is 24.6 Å². The van der Waals surface area contributed by atoms with Gasteiger partial charge in [0.05, 0.1) is 5.69 Å². The highest BCUT2D eigenvalue weighted by Crippen LogP contribution is 2.23. The van der Waals surface area contributed by atoms with Crippen molar-refractivity contribution in [1.29, 1.82) is 0 Å². The number of rotatable bonds is 3. The van der Waals surface area contributed by atoms with Crippen molar-refractivity contribution >= 4 is 12.1 Å². The van der Waals surface area contributed by atoms with Crippen LogP contribution in [0.25, 0.3) is 11.3 Å². The molecule has 1 N–H and O–H groups in total. The molecule has 0 atom stereocenters. The number of aldehydes is 1. The number of carbonyl (C=O) groups excluding carboxylic acids is 1. The van der Waals surface area contributed by atoms with Crippen LogP contribution in [0, 0.1) is 6.92 Å². The van der Waals surface area contributed by atoms with E-state index in [2.05, 4.69) is 10.3 Å². The highest BCUT2D eigenvalue weighted by atomic mass is 16.1. The summed E-state index contributed by atoms with van der Waals surface area (Å²) in [4.78, 5) is 15.3. The molecule has 0 aliphatic carbocycles. The number of nitrogens with one attached hydrogen (secondary N) is 1. The summed E-state index contributed by atoms with van der Waals surface area (Å²) in [5, 5.41) is 3.01. The first kappa shape index (κ1) is 11.3. The summed E-state index contributed by atoms with van der Waals surface area (Å²) in [6, 6.07) is 11.4. The third kappa shape index (κ3) is 2.33. The Morgan fingerprint density at radius 1 is 1.24 bits per heavy atom. The molecule has 1 aromatic heterocycles. The summed E-state index contributed by atoms with van der Waals surface area (Å²) < 4.78 is 0. The summed E-state index contributed by atoms with van der Waals surface area (Å²) in [5.41, 5.74) is 3.62. The highest BCUT2D eigenvalue weighted by molar-refractivity contribution is 5.78. The van der Waals surface area contributed by atoms with Crippen molar-refractivity contribution in [1.82, 2.24) is 4.98 Å². The summed E-state index contributed by atoms with van der Waals surface area (Å²) in [6.45, 7) is 2.01. The van der Waals surface area contributed by atoms with Crippen LogP contribution in [-0.2, 0) is 0 Å². The average molecular weight is 226 g/mol. The Labute approximate surface area is 101 Å². The van der Waals surface area contributed by atoms with E-state index in [0.29, 0.717) is 5.56 Å². The number of aryl methyl sites for hydroxylation is 1. The molecule has 3 heteroatoms. The van der Waals surface area contributed by atoms with E-state index < -0.39 is 0 Å². The molecule has 0 amide bonds. The molecular weight excluding hydrogens is 212 g/mol. The molecule has 0 spiro atoms. The maximum atomic E-state index is 10.8. The number of hydrogen-bond donors (Lipinski definition) is 1. The SMILES string of the molecule is CNc1ccc(C)c(-c2cccc(C=O)c2)n1. The maximum Gasteiger partial charge on any atom is 0.150 e. The highest BCUT2D eigenvalue weighted by Gasteiger charge is 2.05. The lowest BCUT2D eigenvalue weighted by atomic mass is 10.0. The van der Waals surface area contributed by atoms with Crippen molar-refractivity contribution < 1.29 is 4.79 Å². The van der Waals surface area contributed by atoms with Gasteiger partial charge in [-0.1, -0.05) is 24.3 Å². The molecule has 0 aliphatic heterocycles. The molecule has 0 saturated carbocycles. The van der Waals surface area contributed by atoms with Crippen molar-refractivity contribution in [2.24, 2.45) is 0 Å². The van der Waals surface area contributed by atoms with Gasteiger partial charge in [-0.3, -0.25) is 4.79 Å². The van der Waals surface area contributed by atoms with Crippen LogP contribution >= 0.6 is 0 Å². The smallest absolute Gasteiger partial charge is 0.150 e. The second-order valence-corrected chi connectivity index (χ2v) is 3.86. The second kappa shape index (κ2) is 4.78. The minimum absolute atomic E-state index is 0.665. The van der Waals surface area contributed by atoms with Crippen LogP contribution in [0.2, 0.25) is 0 Å². The molecule has 0 unspecified atom stereocenters. The van der Waals surface area contributed by atoms with Gasteiger partial charge >= 0.3 is 0 Å². The number of nitrogens with zero attached hydrogens (tertiary/aromatic N) is 1. The topological polar surface area (TPSA) is 42.0 Å². The summed E-state index contributed by atoms with van der Waals surface area (Å²) in [5.74, 6) is 0.821. The molecule has 0 aliphatic rings. The van der Waals surface area contributed by atoms with E-state index in [4.69, 9.17) is 0 Å². The lowest BCUT2D eigenvalue weighted by molar-refractivity contribution is 0.112. The van der Waals surface area contributed by atoms with E-state index in [0.717, 1.165) is 28.9 Å². The first-order valence-electron chi connectivity index (χ1n) is 5.45. The van der Waals surface area contributed by atoms with Gasteiger partial charge in [0.1, 0.15) is 12.1 Å². The molecule has 2 rings (SSSR count). The molecular formula is C14H14N2O. The van der Waals surface area contributed by atoms with E-state index in [-0.39, 0.29) is 0 Å². The Balaban J connectivity index is 2.54. The molecule has 2 aromatic rings. The predicted molar refractivity (Wildman–Crippen MR) is 69.3 cm³/mol. The fraction of sp³-hybridized carbons (Fsp3) is 0.143. The van der Waals surface area contributed by atoms with E-state index in [9.17, 15) is 4.79 Å². The average Bonchev–Trinajstić information content (AvgIpc) is 2.39. The van der Waals surface area contributed by atoms with Gasteiger partial charge in [0, 0.05) is 18.2 Å². The number of benzene rings is 1. The second-order valence-electron chi connectivity index (χ2n) is 3.86. The fourth-order valence-corrected chi connectivity index (χ4v) is 1.72. The Morgan fingerprint density at radius 3 is 2.76 bits per heavy atom. The van der Waals surface area contributed by atoms with Crippen molar-refractivity contribution in [2.75, 3.05) is 12.4 Å². The summed E-state index contributed by atoms with van der Waals surface area (Å²) >= 11 is 0. The minimum atomic E-state index is 0.665. The molecule has 0 saturated heterocycles. The minimum Gasteiger partial charge on any atom is -0.373 e. The zero-order valence-electron chi connectivity index (χ0n) is 9.90. The molecule has 1 heterocycles. The van der Waals surface area contributed by atoms with Crippen LogP contribution in [0.4, 0.5) is 5.82 Å². The summed E-state index contributed by atoms with van der Waals surface area (Å²) in [7, 11) is 1.84. The van der Waals surface area contributed by atoms with Gasteiger partial charge in [0.2, 0.25) is 0 Å². The van der Waals surface area contributed by atoms with Crippen LogP contribution in [0.3, 0.4) is 0 Å². The monoisotopic (exact) mass is 226 g/mol. The van der Waals surface area contributed by atoms with Crippen LogP contribution in [-0.4, -0.2) is 18.3 Å². The van der Waals surface area contributed by atoms with E-state index in [1.54, 1.807) is 6.07 Å². The molecule has 0 bridgehead atoms. The van der Waals surface area contributed by atoms with Crippen molar-refractivity contribution in [2.45, 2.75) is 6.92 Å². The maximum absolute atomic E-state index is 10.8. The quantitative estimate of drug-likeness (QED) is 0.818. The third-order valence-electron chi connectivity index (χ3n) is 2.65. The zero-order valence-corrected chi connectivity index (χ0v) is 9.90. The van der Waals surface area contributed by atoms with Crippen molar-refractivity contribution in [3.63, 3.8) is 0 Å². The lowest BCUT2D eigenvalue weighted by Gasteiger charge is -2.08. The van der Waals surface area contributed by atoms with E-state index in [1.165, 1.54) is 0 Å². The van der Waals surface area contributed by atoms with Gasteiger partial charge < -0.3 is 5.32 Å². The van der Waals surface area contributed by atoms with E-state index in [1.807, 2.05) is 44.3 Å². The van der Waals surface area contributed by atoms with Crippen LogP contribution < -0.4 is 5.32 Å². The number of pyridine rings is 1. The van der Waals surface area contributed by atoms with Crippen LogP contribution in [0.1, 0.15) is 15.9 Å². The van der Waals surface area contributed by atoms with Gasteiger partial charge in [0.15, 0.2) is 0 Å². The molecule has 0 fully saturated rings. The molecule has 1 aromatic carbocycles. The summed E-state index contributed by atoms with van der Waals surface area (Å²) in [6.07, 6.45) is 0.848. The van der Waals surface area contributed by atoms with E-state index >= 15 is 0 Å². The number of anilines is 1. The Hall–Kier alpha value is -2.16. The van der Waals surface area contributed by atoms with Gasteiger partial charge in [-0.15, -0.1) is 0 Å². The molecule has 86 valence electrons. The standard InChI is InChI=1S/C14H14N2O/c1-10-6-7-13(15-2)16-14(10)12-5-3-4-11(8-12)9-17/h3-9H,1-2H3,(H,15,16). The van der Waals surface area contributed by atoms with Gasteiger partial charge in [-0.2, -0.15) is 0 Å².